The van der Waals surface area contributed by atoms with Crippen molar-refractivity contribution in [1.29, 1.82) is 0 Å². The number of hydrogen-bond acceptors (Lipinski definition) is 1. The van der Waals surface area contributed by atoms with E-state index in [-0.39, 0.29) is 12.2 Å². The van der Waals surface area contributed by atoms with Crippen molar-refractivity contribution in [3.8, 4) is 0 Å². The Hall–Kier alpha value is -1.38. The second-order valence-corrected chi connectivity index (χ2v) is 5.59. The third-order valence-electron chi connectivity index (χ3n) is 3.57. The normalized spacial score (nSPS) is 14.0. The maximum atomic E-state index is 13.9. The highest BCUT2D eigenvalue weighted by Gasteiger charge is 2.26. The average molecular weight is 293 g/mol. The maximum Gasteiger partial charge on any atom is 0.127 e. The summed E-state index contributed by atoms with van der Waals surface area (Å²) in [5.41, 5.74) is 0.594. The topological polar surface area (TPSA) is 20.2 Å². The van der Waals surface area contributed by atoms with Gasteiger partial charge >= 0.3 is 0 Å². The second-order valence-electron chi connectivity index (χ2n) is 5.15. The molecular weight excluding hydrogens is 275 g/mol. The zero-order chi connectivity index (χ0) is 14.6. The van der Waals surface area contributed by atoms with E-state index in [1.165, 1.54) is 6.07 Å². The predicted octanol–water partition coefficient (Wildman–Crippen LogP) is 4.41. The Balaban J connectivity index is 2.18. The Kier molecular flexibility index (Phi) is 4.79. The van der Waals surface area contributed by atoms with E-state index in [0.717, 1.165) is 5.56 Å². The van der Waals surface area contributed by atoms with E-state index < -0.39 is 5.60 Å². The number of hydrogen-bond donors (Lipinski definition) is 1. The molecule has 0 amide bonds. The quantitative estimate of drug-likeness (QED) is 0.866. The van der Waals surface area contributed by atoms with Gasteiger partial charge in [0.05, 0.1) is 5.60 Å². The maximum absolute atomic E-state index is 13.9. The molecule has 0 heterocycles. The molecule has 106 valence electrons. The van der Waals surface area contributed by atoms with Crippen LogP contribution in [0.2, 0.25) is 5.02 Å². The van der Waals surface area contributed by atoms with Gasteiger partial charge in [-0.05, 0) is 29.7 Å². The summed E-state index contributed by atoms with van der Waals surface area (Å²) in [5.74, 6) is -0.363. The van der Waals surface area contributed by atoms with Crippen LogP contribution in [0.4, 0.5) is 4.39 Å². The smallest absolute Gasteiger partial charge is 0.127 e. The van der Waals surface area contributed by atoms with Crippen LogP contribution >= 0.6 is 11.6 Å². The van der Waals surface area contributed by atoms with E-state index in [1.54, 1.807) is 12.1 Å². The lowest BCUT2D eigenvalue weighted by Gasteiger charge is -2.27. The van der Waals surface area contributed by atoms with E-state index in [9.17, 15) is 9.50 Å². The van der Waals surface area contributed by atoms with Crippen LogP contribution < -0.4 is 0 Å². The molecule has 1 nitrogen and oxygen atoms in total. The number of benzene rings is 2. The summed E-state index contributed by atoms with van der Waals surface area (Å²) in [5, 5.41) is 11.1. The van der Waals surface area contributed by atoms with Gasteiger partial charge in [0.25, 0.3) is 0 Å². The van der Waals surface area contributed by atoms with Crippen molar-refractivity contribution in [3.63, 3.8) is 0 Å². The zero-order valence-corrected chi connectivity index (χ0v) is 12.2. The lowest BCUT2D eigenvalue weighted by atomic mass is 9.86. The van der Waals surface area contributed by atoms with Crippen molar-refractivity contribution in [2.75, 3.05) is 0 Å². The van der Waals surface area contributed by atoms with Crippen LogP contribution in [0.5, 0.6) is 0 Å². The summed E-state index contributed by atoms with van der Waals surface area (Å²) < 4.78 is 13.9. The highest BCUT2D eigenvalue weighted by Crippen LogP contribution is 2.25. The second kappa shape index (κ2) is 6.38. The fourth-order valence-corrected chi connectivity index (χ4v) is 2.47. The molecule has 0 fully saturated rings. The lowest BCUT2D eigenvalue weighted by molar-refractivity contribution is 0.0360. The van der Waals surface area contributed by atoms with Gasteiger partial charge in [0, 0.05) is 17.9 Å². The predicted molar refractivity (Wildman–Crippen MR) is 80.5 cm³/mol. The number of rotatable bonds is 5. The third kappa shape index (κ3) is 3.81. The van der Waals surface area contributed by atoms with Crippen LogP contribution in [0.25, 0.3) is 0 Å². The van der Waals surface area contributed by atoms with Gasteiger partial charge in [-0.15, -0.1) is 0 Å². The summed E-state index contributed by atoms with van der Waals surface area (Å²) in [6.07, 6.45) is 1.35. The molecule has 20 heavy (non-hydrogen) atoms. The molecule has 0 bridgehead atoms. The minimum absolute atomic E-state index is 0.279. The molecule has 0 radical (unpaired) electrons. The molecule has 1 N–H and O–H groups in total. The van der Waals surface area contributed by atoms with Crippen molar-refractivity contribution in [2.24, 2.45) is 0 Å². The van der Waals surface area contributed by atoms with Crippen molar-refractivity contribution in [2.45, 2.75) is 31.8 Å². The van der Waals surface area contributed by atoms with Crippen LogP contribution in [0.15, 0.2) is 48.5 Å². The zero-order valence-electron chi connectivity index (χ0n) is 11.4. The van der Waals surface area contributed by atoms with Gasteiger partial charge in [-0.3, -0.25) is 0 Å². The van der Waals surface area contributed by atoms with Crippen molar-refractivity contribution < 1.29 is 9.50 Å². The highest BCUT2D eigenvalue weighted by molar-refractivity contribution is 6.30. The first-order chi connectivity index (χ1) is 9.52. The molecule has 0 aromatic heterocycles. The van der Waals surface area contributed by atoms with E-state index >= 15 is 0 Å². The molecule has 0 aliphatic rings. The molecule has 0 aliphatic heterocycles. The first-order valence-electron chi connectivity index (χ1n) is 6.73. The molecule has 1 unspecified atom stereocenters. The Morgan fingerprint density at radius 3 is 2.40 bits per heavy atom. The van der Waals surface area contributed by atoms with E-state index in [0.29, 0.717) is 23.4 Å². The third-order valence-corrected chi connectivity index (χ3v) is 3.80. The first-order valence-corrected chi connectivity index (χ1v) is 7.10. The molecule has 3 heteroatoms. The summed E-state index contributed by atoms with van der Waals surface area (Å²) in [7, 11) is 0. The monoisotopic (exact) mass is 292 g/mol. The average Bonchev–Trinajstić information content (AvgIpc) is 2.43. The minimum atomic E-state index is -0.948. The Labute approximate surface area is 124 Å². The van der Waals surface area contributed by atoms with Gasteiger partial charge in [0.2, 0.25) is 0 Å². The molecule has 2 aromatic carbocycles. The van der Waals surface area contributed by atoms with Crippen LogP contribution in [-0.2, 0) is 12.8 Å². The van der Waals surface area contributed by atoms with Gasteiger partial charge in [-0.2, -0.15) is 0 Å². The van der Waals surface area contributed by atoms with Crippen LogP contribution in [0.1, 0.15) is 24.5 Å². The van der Waals surface area contributed by atoms with E-state index in [2.05, 4.69) is 0 Å². The summed E-state index contributed by atoms with van der Waals surface area (Å²) >= 11 is 5.75. The minimum Gasteiger partial charge on any atom is -0.389 e. The Bertz CT molecular complexity index is 570. The molecule has 0 spiro atoms. The molecular formula is C17H18ClFO. The van der Waals surface area contributed by atoms with Gasteiger partial charge in [0.1, 0.15) is 5.82 Å². The first kappa shape index (κ1) is 15.0. The Morgan fingerprint density at radius 2 is 1.80 bits per heavy atom. The molecule has 1 atom stereocenters. The van der Waals surface area contributed by atoms with Crippen molar-refractivity contribution in [3.05, 3.63) is 70.5 Å². The van der Waals surface area contributed by atoms with Gasteiger partial charge in [-0.1, -0.05) is 54.9 Å². The lowest BCUT2D eigenvalue weighted by Crippen LogP contribution is -2.33. The Morgan fingerprint density at radius 1 is 1.10 bits per heavy atom. The van der Waals surface area contributed by atoms with Gasteiger partial charge < -0.3 is 5.11 Å². The SMILES string of the molecule is CCC(O)(Cc1ccccc1)Cc1ccc(Cl)cc1F. The number of halogens is 2. The highest BCUT2D eigenvalue weighted by atomic mass is 35.5. The summed E-state index contributed by atoms with van der Waals surface area (Å²) in [4.78, 5) is 0. The standard InChI is InChI=1S/C17H18ClFO/c1-2-17(20,11-13-6-4-3-5-7-13)12-14-8-9-15(18)10-16(14)19/h3-10,20H,2,11-12H2,1H3. The fourth-order valence-electron chi connectivity index (χ4n) is 2.31. The largest absolute Gasteiger partial charge is 0.389 e. The fraction of sp³-hybridized carbons (Fsp3) is 0.294. The molecule has 0 aliphatic carbocycles. The summed E-state index contributed by atoms with van der Waals surface area (Å²) in [6.45, 7) is 1.91. The van der Waals surface area contributed by atoms with E-state index in [1.807, 2.05) is 37.3 Å². The molecule has 0 saturated carbocycles. The molecule has 0 saturated heterocycles. The van der Waals surface area contributed by atoms with Gasteiger partial charge in [-0.25, -0.2) is 4.39 Å². The molecule has 2 rings (SSSR count). The van der Waals surface area contributed by atoms with E-state index in [4.69, 9.17) is 11.6 Å². The van der Waals surface area contributed by atoms with Crippen molar-refractivity contribution >= 4 is 11.6 Å². The van der Waals surface area contributed by atoms with Crippen LogP contribution in [0, 0.1) is 5.82 Å². The number of aliphatic hydroxyl groups is 1. The van der Waals surface area contributed by atoms with Crippen molar-refractivity contribution in [1.82, 2.24) is 0 Å². The van der Waals surface area contributed by atoms with Gasteiger partial charge in [0.15, 0.2) is 0 Å². The summed E-state index contributed by atoms with van der Waals surface area (Å²) in [6, 6.07) is 14.3. The van der Waals surface area contributed by atoms with Crippen LogP contribution in [-0.4, -0.2) is 10.7 Å². The molecule has 2 aromatic rings. The van der Waals surface area contributed by atoms with Crippen LogP contribution in [0.3, 0.4) is 0 Å².